The Labute approximate surface area is 150 Å². The molecule has 3 heterocycles. The highest BCUT2D eigenvalue weighted by Crippen LogP contribution is 2.43. The van der Waals surface area contributed by atoms with Gasteiger partial charge in [0.1, 0.15) is 5.41 Å². The van der Waals surface area contributed by atoms with Crippen LogP contribution in [-0.2, 0) is 4.79 Å². The van der Waals surface area contributed by atoms with E-state index in [0.29, 0.717) is 31.3 Å². The zero-order chi connectivity index (χ0) is 18.1. The Morgan fingerprint density at radius 2 is 1.81 bits per heavy atom. The first-order chi connectivity index (χ1) is 12.6. The van der Waals surface area contributed by atoms with Crippen molar-refractivity contribution in [1.29, 1.82) is 0 Å². The molecule has 2 fully saturated rings. The molecule has 0 bridgehead atoms. The summed E-state index contributed by atoms with van der Waals surface area (Å²) in [6.07, 6.45) is 3.28. The summed E-state index contributed by atoms with van der Waals surface area (Å²) in [5.41, 5.74) is -0.300. The molecule has 0 saturated carbocycles. The summed E-state index contributed by atoms with van der Waals surface area (Å²) >= 11 is 0. The smallest absolute Gasteiger partial charge is 0.321 e. The fourth-order valence-electron chi connectivity index (χ4n) is 3.85. The van der Waals surface area contributed by atoms with E-state index in [2.05, 4.69) is 15.3 Å². The van der Waals surface area contributed by atoms with Crippen LogP contribution in [0, 0.1) is 11.3 Å². The van der Waals surface area contributed by atoms with Gasteiger partial charge in [0.15, 0.2) is 0 Å². The number of carbonyl (C=O) groups excluding carboxylic acids is 1. The largest absolute Gasteiger partial charge is 0.481 e. The molecule has 2 atom stereocenters. The van der Waals surface area contributed by atoms with Crippen LogP contribution in [0.5, 0.6) is 0 Å². The molecule has 2 aliphatic rings. The number of carboxylic acid groups (broad SMARTS) is 1. The van der Waals surface area contributed by atoms with Crippen molar-refractivity contribution in [3.63, 3.8) is 0 Å². The van der Waals surface area contributed by atoms with Gasteiger partial charge < -0.3 is 20.2 Å². The Balaban J connectivity index is 1.50. The molecule has 0 unspecified atom stereocenters. The van der Waals surface area contributed by atoms with Crippen LogP contribution in [-0.4, -0.2) is 58.2 Å². The third kappa shape index (κ3) is 2.73. The molecule has 26 heavy (non-hydrogen) atoms. The third-order valence-corrected chi connectivity index (χ3v) is 5.18. The Kier molecular flexibility index (Phi) is 3.95. The van der Waals surface area contributed by atoms with Crippen LogP contribution in [0.3, 0.4) is 0 Å². The van der Waals surface area contributed by atoms with Crippen molar-refractivity contribution in [3.8, 4) is 0 Å². The first-order valence-corrected chi connectivity index (χ1v) is 8.45. The van der Waals surface area contributed by atoms with E-state index in [4.69, 9.17) is 0 Å². The number of amides is 2. The number of carboxylic acids is 1. The maximum absolute atomic E-state index is 12.5. The number of hydrogen-bond acceptors (Lipinski definition) is 5. The second kappa shape index (κ2) is 6.29. The quantitative estimate of drug-likeness (QED) is 0.868. The number of aromatic nitrogens is 2. The van der Waals surface area contributed by atoms with E-state index in [1.165, 1.54) is 0 Å². The molecule has 8 nitrogen and oxygen atoms in total. The second-order valence-electron chi connectivity index (χ2n) is 6.76. The van der Waals surface area contributed by atoms with Gasteiger partial charge in [0, 0.05) is 50.2 Å². The Hall–Kier alpha value is -3.16. The molecule has 134 valence electrons. The molecule has 2 aromatic rings. The van der Waals surface area contributed by atoms with Crippen molar-refractivity contribution in [2.24, 2.45) is 11.3 Å². The van der Waals surface area contributed by atoms with Crippen LogP contribution >= 0.6 is 0 Å². The lowest BCUT2D eigenvalue weighted by molar-refractivity contribution is -0.148. The number of anilines is 2. The minimum absolute atomic E-state index is 0.162. The van der Waals surface area contributed by atoms with Gasteiger partial charge in [-0.25, -0.2) is 14.8 Å². The maximum atomic E-state index is 12.5. The number of nitrogens with zero attached hydrogens (tertiary/aromatic N) is 4. The SMILES string of the molecule is O=C(Nc1ccccc1)N1C[C@H]2CN(c3ncccn3)C[C@@]2(C(=O)O)C1. The lowest BCUT2D eigenvalue weighted by Crippen LogP contribution is -2.43. The summed E-state index contributed by atoms with van der Waals surface area (Å²) < 4.78 is 0. The van der Waals surface area contributed by atoms with Gasteiger partial charge in [0.05, 0.1) is 0 Å². The van der Waals surface area contributed by atoms with Crippen molar-refractivity contribution in [1.82, 2.24) is 14.9 Å². The Bertz CT molecular complexity index is 816. The molecule has 8 heteroatoms. The minimum atomic E-state index is -0.993. The number of likely N-dealkylation sites (tertiary alicyclic amines) is 1. The third-order valence-electron chi connectivity index (χ3n) is 5.18. The zero-order valence-electron chi connectivity index (χ0n) is 14.1. The van der Waals surface area contributed by atoms with Crippen LogP contribution in [0.4, 0.5) is 16.4 Å². The molecule has 2 N–H and O–H groups in total. The van der Waals surface area contributed by atoms with Crippen molar-refractivity contribution in [2.45, 2.75) is 0 Å². The number of aliphatic carboxylic acids is 1. The Morgan fingerprint density at radius 1 is 1.08 bits per heavy atom. The van der Waals surface area contributed by atoms with Crippen molar-refractivity contribution in [3.05, 3.63) is 48.8 Å². The van der Waals surface area contributed by atoms with Gasteiger partial charge in [-0.15, -0.1) is 0 Å². The minimum Gasteiger partial charge on any atom is -0.481 e. The molecule has 0 aliphatic carbocycles. The van der Waals surface area contributed by atoms with Crippen molar-refractivity contribution in [2.75, 3.05) is 36.4 Å². The summed E-state index contributed by atoms with van der Waals surface area (Å²) in [6, 6.07) is 10.6. The molecule has 0 radical (unpaired) electrons. The molecule has 2 amide bonds. The van der Waals surface area contributed by atoms with E-state index in [0.717, 1.165) is 0 Å². The van der Waals surface area contributed by atoms with Crippen LogP contribution in [0.2, 0.25) is 0 Å². The number of carbonyl (C=O) groups is 2. The van der Waals surface area contributed by atoms with E-state index in [1.807, 2.05) is 23.1 Å². The highest BCUT2D eigenvalue weighted by molar-refractivity contribution is 5.90. The molecule has 2 aliphatic heterocycles. The average molecular weight is 353 g/mol. The van der Waals surface area contributed by atoms with Crippen LogP contribution in [0.1, 0.15) is 0 Å². The molecular weight excluding hydrogens is 334 g/mol. The van der Waals surface area contributed by atoms with Gasteiger partial charge in [0.2, 0.25) is 5.95 Å². The molecular formula is C18H19N5O3. The summed E-state index contributed by atoms with van der Waals surface area (Å²) in [4.78, 5) is 36.5. The predicted octanol–water partition coefficient (Wildman–Crippen LogP) is 1.53. The van der Waals surface area contributed by atoms with Gasteiger partial charge in [-0.2, -0.15) is 0 Å². The van der Waals surface area contributed by atoms with Crippen molar-refractivity contribution < 1.29 is 14.7 Å². The molecule has 4 rings (SSSR count). The van der Waals surface area contributed by atoms with Crippen LogP contribution in [0.25, 0.3) is 0 Å². The van der Waals surface area contributed by atoms with Crippen LogP contribution < -0.4 is 10.2 Å². The van der Waals surface area contributed by atoms with Gasteiger partial charge >= 0.3 is 12.0 Å². The number of rotatable bonds is 3. The van der Waals surface area contributed by atoms with E-state index in [9.17, 15) is 14.7 Å². The fourth-order valence-corrected chi connectivity index (χ4v) is 3.85. The molecule has 0 spiro atoms. The first kappa shape index (κ1) is 16.3. The summed E-state index contributed by atoms with van der Waals surface area (Å²) in [6.45, 7) is 1.39. The van der Waals surface area contributed by atoms with Gasteiger partial charge in [-0.3, -0.25) is 4.79 Å². The standard InChI is InChI=1S/C18H19N5O3/c24-15(25)18-11-22(16-19-7-4-8-20-16)9-13(18)10-23(12-18)17(26)21-14-5-2-1-3-6-14/h1-8,13H,9-12H2,(H,21,26)(H,24,25)/t13-,18-/m1/s1. The molecule has 1 aromatic carbocycles. The number of fused-ring (bicyclic) bond motifs is 1. The fraction of sp³-hybridized carbons (Fsp3) is 0.333. The second-order valence-corrected chi connectivity index (χ2v) is 6.76. The topological polar surface area (TPSA) is 98.7 Å². The normalized spacial score (nSPS) is 24.4. The van der Waals surface area contributed by atoms with E-state index < -0.39 is 11.4 Å². The summed E-state index contributed by atoms with van der Waals surface area (Å²) in [5.74, 6) is -0.510. The highest BCUT2D eigenvalue weighted by atomic mass is 16.4. The van der Waals surface area contributed by atoms with E-state index >= 15 is 0 Å². The summed E-state index contributed by atoms with van der Waals surface area (Å²) in [5, 5.41) is 12.7. The maximum Gasteiger partial charge on any atom is 0.321 e. The number of nitrogens with one attached hydrogen (secondary N) is 1. The lowest BCUT2D eigenvalue weighted by atomic mass is 9.81. The predicted molar refractivity (Wildman–Crippen MR) is 94.8 cm³/mol. The van der Waals surface area contributed by atoms with Gasteiger partial charge in [-0.05, 0) is 18.2 Å². The van der Waals surface area contributed by atoms with Crippen LogP contribution in [0.15, 0.2) is 48.8 Å². The zero-order valence-corrected chi connectivity index (χ0v) is 14.1. The Morgan fingerprint density at radius 3 is 2.46 bits per heavy atom. The van der Waals surface area contributed by atoms with Gasteiger partial charge in [-0.1, -0.05) is 18.2 Å². The van der Waals surface area contributed by atoms with Gasteiger partial charge in [0.25, 0.3) is 0 Å². The number of para-hydroxylation sites is 1. The number of urea groups is 1. The molecule has 1 aromatic heterocycles. The molecule has 2 saturated heterocycles. The number of benzene rings is 1. The van der Waals surface area contributed by atoms with E-state index in [1.54, 1.807) is 35.5 Å². The average Bonchev–Trinajstić information content (AvgIpc) is 3.19. The van der Waals surface area contributed by atoms with E-state index in [-0.39, 0.29) is 18.5 Å². The monoisotopic (exact) mass is 353 g/mol. The number of hydrogen-bond donors (Lipinski definition) is 2. The summed E-state index contributed by atoms with van der Waals surface area (Å²) in [7, 11) is 0. The van der Waals surface area contributed by atoms with Crippen molar-refractivity contribution >= 4 is 23.6 Å². The lowest BCUT2D eigenvalue weighted by Gasteiger charge is -2.25. The first-order valence-electron chi connectivity index (χ1n) is 8.45. The highest BCUT2D eigenvalue weighted by Gasteiger charge is 2.59.